The minimum absolute atomic E-state index is 0.00376. The molecule has 4 N–H and O–H groups in total. The van der Waals surface area contributed by atoms with Crippen LogP contribution in [0.15, 0.2) is 5.11 Å². The highest BCUT2D eigenvalue weighted by atomic mass is 16.7. The number of azide groups is 1. The Morgan fingerprint density at radius 2 is 0.491 bits per heavy atom. The molecule has 4 amide bonds. The van der Waals surface area contributed by atoms with Gasteiger partial charge in [0.05, 0.1) is 219 Å². The van der Waals surface area contributed by atoms with Gasteiger partial charge in [0.2, 0.25) is 23.6 Å². The van der Waals surface area contributed by atoms with Gasteiger partial charge in [-0.3, -0.25) is 43.7 Å². The van der Waals surface area contributed by atoms with E-state index in [0.717, 1.165) is 0 Å². The lowest BCUT2D eigenvalue weighted by atomic mass is 10.1. The highest BCUT2D eigenvalue weighted by Gasteiger charge is 2.44. The van der Waals surface area contributed by atoms with Gasteiger partial charge >= 0.3 is 0 Å². The van der Waals surface area contributed by atoms with Crippen LogP contribution in [0.5, 0.6) is 0 Å². The Balaban J connectivity index is 0.936. The van der Waals surface area contributed by atoms with Gasteiger partial charge in [0, 0.05) is 96.0 Å². The Morgan fingerprint density at radius 3 is 0.652 bits per heavy atom. The van der Waals surface area contributed by atoms with Crippen LogP contribution in [-0.2, 0) is 114 Å². The molecule has 8 saturated heterocycles. The number of hydrogen-bond acceptors (Lipinski definition) is 30. The van der Waals surface area contributed by atoms with Crippen molar-refractivity contribution in [1.82, 2.24) is 45.8 Å². The Labute approximate surface area is 663 Å². The Hall–Kier alpha value is -3.81. The molecule has 0 aromatic carbocycles. The standard InChI is InChI=1S/C76H138N12O24/c1-69(2)97-39-57(40-98-69)84(58-41-99-70(3,4)100-42-58)26-21-78-65(89)17-31-93-35-55(36-94-32-18-66(90)79-22-27-85(59-43-101-71(5,6)102-44-59)60-45-103-72(7,8)104-46-60)88(30-25-82-83-77)56(37-95-33-19-67(91)80-23-28-86(61-47-105-73(9,10)106-48-61)62-49-107-74(11,12)108-50-62)38-96-34-20-68(92)81-24-29-87(63-51-109-75(13,14)110-52-63)64-53-111-76(15,16)112-54-64/h55-64H,17-54H2,1-16H3,(H,78,89)(H,79,90)(H,80,91)(H,81,92). The maximum atomic E-state index is 13.7. The van der Waals surface area contributed by atoms with Crippen molar-refractivity contribution in [2.24, 2.45) is 5.11 Å². The Morgan fingerprint density at radius 1 is 0.321 bits per heavy atom. The minimum Gasteiger partial charge on any atom is -0.379 e. The average molecular weight is 1600 g/mol. The molecule has 0 aromatic rings. The summed E-state index contributed by atoms with van der Waals surface area (Å²) in [4.78, 5) is 68.8. The van der Waals surface area contributed by atoms with Crippen molar-refractivity contribution in [1.29, 1.82) is 0 Å². The van der Waals surface area contributed by atoms with Crippen LogP contribution >= 0.6 is 0 Å². The summed E-state index contributed by atoms with van der Waals surface area (Å²) in [5.41, 5.74) is 9.70. The fraction of sp³-hybridized carbons (Fsp3) is 0.947. The molecule has 8 aliphatic heterocycles. The fourth-order valence-corrected chi connectivity index (χ4v) is 14.2. The second-order valence-corrected chi connectivity index (χ2v) is 33.6. The van der Waals surface area contributed by atoms with E-state index in [1.54, 1.807) is 0 Å². The van der Waals surface area contributed by atoms with E-state index >= 15 is 0 Å². The molecule has 8 aliphatic rings. The quantitative estimate of drug-likeness (QED) is 0.0295. The number of carbonyl (C=O) groups excluding carboxylic acids is 4. The SMILES string of the molecule is CC1(C)OCC(N(CCNC(=O)CCOCC(COCCC(=O)NCCN(C2COC(C)(C)OC2)C2COC(C)(C)OC2)N(CCN=[N+]=[N-])C(COCCC(=O)NCCN(C2COC(C)(C)OC2)C2COC(C)(C)OC2)COCCC(=O)NCCN(C2COC(C)(C)OC2)C2COC(C)(C)OC2)C2COC(C)(C)OC2)CO1. The van der Waals surface area contributed by atoms with Gasteiger partial charge in [-0.1, -0.05) is 5.11 Å². The molecule has 8 heterocycles. The summed E-state index contributed by atoms with van der Waals surface area (Å²) in [5.74, 6) is -6.72. The molecule has 0 radical (unpaired) electrons. The predicted octanol–water partition coefficient (Wildman–Crippen LogP) is 2.85. The molecule has 0 spiro atoms. The van der Waals surface area contributed by atoms with Crippen molar-refractivity contribution >= 4 is 23.6 Å². The number of amides is 4. The molecule has 0 aliphatic carbocycles. The largest absolute Gasteiger partial charge is 0.379 e. The molecule has 0 atom stereocenters. The molecular weight excluding hydrogens is 1460 g/mol. The number of ether oxygens (including phenoxy) is 20. The predicted molar refractivity (Wildman–Crippen MR) is 407 cm³/mol. The second-order valence-electron chi connectivity index (χ2n) is 33.6. The summed E-state index contributed by atoms with van der Waals surface area (Å²) in [6, 6.07) is -2.11. The van der Waals surface area contributed by atoms with Crippen LogP contribution in [0.4, 0.5) is 0 Å². The third-order valence-electron chi connectivity index (χ3n) is 21.1. The normalized spacial score (nSPS) is 23.6. The van der Waals surface area contributed by atoms with Gasteiger partial charge < -0.3 is 116 Å². The molecular formula is C76H138N12O24. The van der Waals surface area contributed by atoms with E-state index in [2.05, 4.69) is 50.9 Å². The van der Waals surface area contributed by atoms with E-state index in [0.29, 0.717) is 158 Å². The van der Waals surface area contributed by atoms with Crippen LogP contribution in [-0.4, -0.2) is 379 Å². The molecule has 0 bridgehead atoms. The van der Waals surface area contributed by atoms with Crippen LogP contribution in [0.3, 0.4) is 0 Å². The van der Waals surface area contributed by atoms with Crippen molar-refractivity contribution in [2.45, 2.75) is 243 Å². The zero-order valence-electron chi connectivity index (χ0n) is 70.0. The minimum atomic E-state index is -0.720. The maximum Gasteiger partial charge on any atom is 0.222 e. The highest BCUT2D eigenvalue weighted by molar-refractivity contribution is 5.77. The summed E-state index contributed by atoms with van der Waals surface area (Å²) < 4.78 is 123. The van der Waals surface area contributed by atoms with Gasteiger partial charge in [-0.15, -0.1) is 0 Å². The van der Waals surface area contributed by atoms with Gasteiger partial charge in [0.15, 0.2) is 46.3 Å². The fourth-order valence-electron chi connectivity index (χ4n) is 14.2. The number of nitrogens with zero attached hydrogens (tertiary/aromatic N) is 8. The van der Waals surface area contributed by atoms with E-state index in [9.17, 15) is 24.7 Å². The van der Waals surface area contributed by atoms with Gasteiger partial charge in [-0.2, -0.15) is 0 Å². The van der Waals surface area contributed by atoms with E-state index in [4.69, 9.17) is 94.7 Å². The molecule has 36 nitrogen and oxygen atoms in total. The van der Waals surface area contributed by atoms with Crippen molar-refractivity contribution in [2.75, 3.05) is 224 Å². The smallest absolute Gasteiger partial charge is 0.222 e. The lowest BCUT2D eigenvalue weighted by molar-refractivity contribution is -0.288. The zero-order chi connectivity index (χ0) is 81.2. The highest BCUT2D eigenvalue weighted by Crippen LogP contribution is 2.31. The molecule has 0 unspecified atom stereocenters. The van der Waals surface area contributed by atoms with Crippen molar-refractivity contribution in [3.05, 3.63) is 10.4 Å². The van der Waals surface area contributed by atoms with Crippen LogP contribution in [0.1, 0.15) is 136 Å². The lowest BCUT2D eigenvalue weighted by Gasteiger charge is -2.46. The van der Waals surface area contributed by atoms with Crippen LogP contribution in [0.2, 0.25) is 0 Å². The average Bonchev–Trinajstić information content (AvgIpc) is 0.831. The molecule has 112 heavy (non-hydrogen) atoms. The number of nitrogens with one attached hydrogen (secondary N) is 4. The van der Waals surface area contributed by atoms with Crippen LogP contribution in [0.25, 0.3) is 10.4 Å². The van der Waals surface area contributed by atoms with Crippen molar-refractivity contribution in [3.8, 4) is 0 Å². The summed E-state index contributed by atoms with van der Waals surface area (Å²) >= 11 is 0. The first-order chi connectivity index (χ1) is 53.0. The van der Waals surface area contributed by atoms with E-state index < -0.39 is 58.4 Å². The van der Waals surface area contributed by atoms with Crippen LogP contribution in [0, 0.1) is 0 Å². The first kappa shape index (κ1) is 93.7. The van der Waals surface area contributed by atoms with Gasteiger partial charge in [0.25, 0.3) is 0 Å². The second kappa shape index (κ2) is 44.3. The van der Waals surface area contributed by atoms with E-state index in [1.165, 1.54) is 0 Å². The number of rotatable bonds is 45. The first-order valence-electron chi connectivity index (χ1n) is 40.4. The molecule has 0 aromatic heterocycles. The van der Waals surface area contributed by atoms with Crippen molar-refractivity contribution < 1.29 is 114 Å². The summed E-state index contributed by atoms with van der Waals surface area (Å²) in [6.45, 7) is 40.3. The first-order valence-corrected chi connectivity index (χ1v) is 40.4. The monoisotopic (exact) mass is 1600 g/mol. The van der Waals surface area contributed by atoms with Gasteiger partial charge in [0.1, 0.15) is 0 Å². The molecule has 646 valence electrons. The summed E-state index contributed by atoms with van der Waals surface area (Å²) in [5, 5.41) is 16.2. The topological polar surface area (TPSA) is 366 Å². The molecule has 0 saturated carbocycles. The molecule has 8 rings (SSSR count). The molecule has 8 fully saturated rings. The maximum absolute atomic E-state index is 13.7. The third-order valence-corrected chi connectivity index (χ3v) is 21.1. The summed E-state index contributed by atoms with van der Waals surface area (Å²) in [7, 11) is 0. The Bertz CT molecular complexity index is 2360. The van der Waals surface area contributed by atoms with Gasteiger partial charge in [-0.25, -0.2) is 0 Å². The third kappa shape index (κ3) is 32.8. The Kier molecular flexibility index (Phi) is 37.1. The number of hydrogen-bond donors (Lipinski definition) is 4. The number of carbonyl (C=O) groups is 4. The van der Waals surface area contributed by atoms with Gasteiger partial charge in [-0.05, 0) is 116 Å². The molecule has 36 heteroatoms. The van der Waals surface area contributed by atoms with Crippen molar-refractivity contribution in [3.63, 3.8) is 0 Å². The van der Waals surface area contributed by atoms with E-state index in [1.807, 2.05) is 116 Å². The zero-order valence-corrected chi connectivity index (χ0v) is 70.0. The van der Waals surface area contributed by atoms with Crippen LogP contribution < -0.4 is 21.3 Å². The summed E-state index contributed by atoms with van der Waals surface area (Å²) in [6.07, 6.45) is 0.0477. The van der Waals surface area contributed by atoms with E-state index in [-0.39, 0.29) is 164 Å². The lowest BCUT2D eigenvalue weighted by Crippen LogP contribution is -2.59.